The van der Waals surface area contributed by atoms with Gasteiger partial charge < -0.3 is 0 Å². The first-order valence-electron chi connectivity index (χ1n) is 9.27. The van der Waals surface area contributed by atoms with Crippen LogP contribution in [0, 0.1) is 20.8 Å². The van der Waals surface area contributed by atoms with Crippen LogP contribution in [0.1, 0.15) is 46.8 Å². The van der Waals surface area contributed by atoms with Crippen LogP contribution >= 0.6 is 9.24 Å². The van der Waals surface area contributed by atoms with E-state index in [4.69, 9.17) is 0 Å². The molecule has 1 fully saturated rings. The lowest BCUT2D eigenvalue weighted by molar-refractivity contribution is 0.197. The summed E-state index contributed by atoms with van der Waals surface area (Å²) < 4.78 is 1.92. The molecule has 0 bridgehead atoms. The minimum absolute atomic E-state index is 0.468. The number of fused-ring (bicyclic) bond motifs is 1. The zero-order chi connectivity index (χ0) is 18.3. The first kappa shape index (κ1) is 17.6. The van der Waals surface area contributed by atoms with E-state index in [1.807, 2.05) is 11.4 Å². The predicted octanol–water partition coefficient (Wildman–Crippen LogP) is 2.93. The van der Waals surface area contributed by atoms with Gasteiger partial charge in [-0.05, 0) is 68.2 Å². The largest absolute Gasteiger partial charge is 0.298 e. The Morgan fingerprint density at radius 1 is 1.23 bits per heavy atom. The zero-order valence-electron chi connectivity index (χ0n) is 15.7. The Hall–Kier alpha value is -1.84. The monoisotopic (exact) mass is 367 g/mol. The highest BCUT2D eigenvalue weighted by molar-refractivity contribution is 7.27. The third-order valence-corrected chi connectivity index (χ3v) is 6.46. The van der Waals surface area contributed by atoms with Crippen LogP contribution in [0.15, 0.2) is 24.5 Å². The summed E-state index contributed by atoms with van der Waals surface area (Å²) in [6.45, 7) is 9.66. The average Bonchev–Trinajstić information content (AvgIpc) is 3.10. The quantitative estimate of drug-likeness (QED) is 0.668. The first-order valence-corrected chi connectivity index (χ1v) is 9.85. The highest BCUT2D eigenvalue weighted by atomic mass is 31.0. The fourth-order valence-electron chi connectivity index (χ4n) is 4.01. The zero-order valence-corrected chi connectivity index (χ0v) is 16.9. The lowest BCUT2D eigenvalue weighted by atomic mass is 9.93. The molecular formula is C20H26N5P. The van der Waals surface area contributed by atoms with Gasteiger partial charge in [0.1, 0.15) is 6.33 Å². The second-order valence-electron chi connectivity index (χ2n) is 7.45. The van der Waals surface area contributed by atoms with E-state index in [9.17, 15) is 0 Å². The number of likely N-dealkylation sites (tertiary alicyclic amines) is 1. The second-order valence-corrected chi connectivity index (χ2v) is 8.03. The summed E-state index contributed by atoms with van der Waals surface area (Å²) in [5.74, 6) is 1.18. The molecule has 1 aliphatic rings. The van der Waals surface area contributed by atoms with Crippen molar-refractivity contribution in [3.63, 3.8) is 0 Å². The van der Waals surface area contributed by atoms with Gasteiger partial charge in [0, 0.05) is 24.7 Å². The maximum Gasteiger partial charge on any atom is 0.252 e. The van der Waals surface area contributed by atoms with E-state index in [-0.39, 0.29) is 0 Å². The van der Waals surface area contributed by atoms with Crippen molar-refractivity contribution in [1.29, 1.82) is 0 Å². The number of piperidine rings is 1. The van der Waals surface area contributed by atoms with Gasteiger partial charge in [0.25, 0.3) is 5.78 Å². The molecule has 0 radical (unpaired) electrons. The van der Waals surface area contributed by atoms with E-state index in [2.05, 4.69) is 61.3 Å². The van der Waals surface area contributed by atoms with Gasteiger partial charge in [0.2, 0.25) is 0 Å². The van der Waals surface area contributed by atoms with E-state index in [0.717, 1.165) is 25.3 Å². The molecule has 0 N–H and O–H groups in total. The number of aromatic nitrogens is 4. The summed E-state index contributed by atoms with van der Waals surface area (Å²) in [5.41, 5.74) is 6.42. The Morgan fingerprint density at radius 3 is 2.92 bits per heavy atom. The van der Waals surface area contributed by atoms with Crippen molar-refractivity contribution < 1.29 is 0 Å². The molecule has 0 spiro atoms. The van der Waals surface area contributed by atoms with Crippen LogP contribution in [-0.4, -0.2) is 37.6 Å². The summed E-state index contributed by atoms with van der Waals surface area (Å²) in [5, 5.41) is 5.74. The molecule has 5 nitrogen and oxygen atoms in total. The van der Waals surface area contributed by atoms with Crippen molar-refractivity contribution in [2.24, 2.45) is 0 Å². The fourth-order valence-corrected chi connectivity index (χ4v) is 4.29. The van der Waals surface area contributed by atoms with Gasteiger partial charge in [-0.15, -0.1) is 9.24 Å². The molecule has 2 aromatic heterocycles. The van der Waals surface area contributed by atoms with Gasteiger partial charge in [-0.3, -0.25) is 4.90 Å². The Labute approximate surface area is 157 Å². The number of rotatable bonds is 3. The van der Waals surface area contributed by atoms with E-state index >= 15 is 0 Å². The fraction of sp³-hybridized carbons (Fsp3) is 0.450. The van der Waals surface area contributed by atoms with Crippen molar-refractivity contribution in [2.75, 3.05) is 13.1 Å². The summed E-state index contributed by atoms with van der Waals surface area (Å²) in [6.07, 6.45) is 4.00. The maximum absolute atomic E-state index is 4.48. The van der Waals surface area contributed by atoms with Gasteiger partial charge in [-0.2, -0.15) is 10.1 Å². The molecule has 0 aliphatic carbocycles. The van der Waals surface area contributed by atoms with Crippen LogP contribution in [0.25, 0.3) is 5.78 Å². The Balaban J connectivity index is 1.58. The normalized spacial score (nSPS) is 18.5. The van der Waals surface area contributed by atoms with E-state index < -0.39 is 0 Å². The van der Waals surface area contributed by atoms with Crippen molar-refractivity contribution >= 4 is 20.3 Å². The molecule has 0 saturated carbocycles. The average molecular weight is 367 g/mol. The highest BCUT2D eigenvalue weighted by Crippen LogP contribution is 2.28. The summed E-state index contributed by atoms with van der Waals surface area (Å²) in [7, 11) is 2.90. The summed E-state index contributed by atoms with van der Waals surface area (Å²) in [4.78, 5) is 11.3. The number of hydrogen-bond acceptors (Lipinski definition) is 4. The Bertz CT molecular complexity index is 949. The first-order chi connectivity index (χ1) is 12.5. The molecule has 1 aromatic carbocycles. The topological polar surface area (TPSA) is 46.3 Å². The van der Waals surface area contributed by atoms with E-state index in [1.54, 1.807) is 6.33 Å². The third kappa shape index (κ3) is 3.26. The Morgan fingerprint density at radius 2 is 2.08 bits per heavy atom. The van der Waals surface area contributed by atoms with Gasteiger partial charge in [-0.25, -0.2) is 9.50 Å². The van der Waals surface area contributed by atoms with Crippen molar-refractivity contribution in [2.45, 2.75) is 46.1 Å². The number of benzene rings is 1. The van der Waals surface area contributed by atoms with Gasteiger partial charge in [0.05, 0.1) is 5.69 Å². The molecule has 6 heteroatoms. The van der Waals surface area contributed by atoms with Gasteiger partial charge in [0.15, 0.2) is 0 Å². The van der Waals surface area contributed by atoms with Crippen LogP contribution in [0.3, 0.4) is 0 Å². The molecule has 3 aromatic rings. The minimum Gasteiger partial charge on any atom is -0.298 e. The lowest BCUT2D eigenvalue weighted by Gasteiger charge is -2.33. The number of hydrogen-bond donors (Lipinski definition) is 0. The van der Waals surface area contributed by atoms with E-state index in [0.29, 0.717) is 11.7 Å². The van der Waals surface area contributed by atoms with Crippen molar-refractivity contribution in [3.8, 4) is 0 Å². The highest BCUT2D eigenvalue weighted by Gasteiger charge is 2.25. The molecule has 1 aliphatic heterocycles. The number of aryl methyl sites for hydroxylation is 2. The molecule has 4 rings (SSSR count). The van der Waals surface area contributed by atoms with Crippen LogP contribution in [0.2, 0.25) is 0 Å². The molecule has 1 saturated heterocycles. The summed E-state index contributed by atoms with van der Waals surface area (Å²) in [6, 6.07) is 6.69. The smallest absolute Gasteiger partial charge is 0.252 e. The van der Waals surface area contributed by atoms with Crippen LogP contribution in [-0.2, 0) is 6.54 Å². The summed E-state index contributed by atoms with van der Waals surface area (Å²) >= 11 is 0. The molecular weight excluding hydrogens is 341 g/mol. The van der Waals surface area contributed by atoms with Gasteiger partial charge >= 0.3 is 0 Å². The minimum atomic E-state index is 0.468. The predicted molar refractivity (Wildman–Crippen MR) is 108 cm³/mol. The molecule has 2 unspecified atom stereocenters. The number of nitrogens with zero attached hydrogens (tertiary/aromatic N) is 5. The molecule has 3 heterocycles. The van der Waals surface area contributed by atoms with Crippen molar-refractivity contribution in [1.82, 2.24) is 24.5 Å². The van der Waals surface area contributed by atoms with Crippen molar-refractivity contribution in [3.05, 3.63) is 52.6 Å². The van der Waals surface area contributed by atoms with Crippen LogP contribution in [0.5, 0.6) is 0 Å². The Kier molecular flexibility index (Phi) is 4.76. The molecule has 0 amide bonds. The van der Waals surface area contributed by atoms with Gasteiger partial charge in [-0.1, -0.05) is 12.1 Å². The lowest BCUT2D eigenvalue weighted by Crippen LogP contribution is -2.35. The third-order valence-electron chi connectivity index (χ3n) is 5.57. The maximum atomic E-state index is 4.48. The second kappa shape index (κ2) is 7.05. The molecule has 2 atom stereocenters. The molecule has 136 valence electrons. The SMILES string of the molecule is Cc1cc(C2CCCN(Cc3ccc(C)c(P)c3C)C2)n2ncnc2n1. The standard InChI is InChI=1S/C20H26N5P/c1-13-6-7-16(15(3)19(13)26)10-24-8-4-5-17(11-24)18-9-14(2)23-20-21-12-22-25(18)20/h6-7,9,12,17H,4-5,8,10-11,26H2,1-3H3. The van der Waals surface area contributed by atoms with E-state index in [1.165, 1.54) is 40.5 Å². The van der Waals surface area contributed by atoms with Crippen LogP contribution in [0.4, 0.5) is 0 Å². The van der Waals surface area contributed by atoms with Crippen LogP contribution < -0.4 is 5.30 Å². The molecule has 26 heavy (non-hydrogen) atoms.